The fraction of sp³-hybridized carbons (Fsp3) is 0.360. The lowest BCUT2D eigenvalue weighted by Crippen LogP contribution is -2.39. The van der Waals surface area contributed by atoms with Gasteiger partial charge in [0.25, 0.3) is 0 Å². The fourth-order valence-corrected chi connectivity index (χ4v) is 12.7. The Labute approximate surface area is 321 Å². The summed E-state index contributed by atoms with van der Waals surface area (Å²) in [5, 5.41) is 0. The molecule has 0 bridgehead atoms. The number of rotatable bonds is 11. The van der Waals surface area contributed by atoms with Crippen molar-refractivity contribution in [3.63, 3.8) is 0 Å². The third kappa shape index (κ3) is 4.96. The Morgan fingerprint density at radius 2 is 0.712 bits per heavy atom. The minimum atomic E-state index is 0.0346. The van der Waals surface area contributed by atoms with Crippen molar-refractivity contribution in [2.45, 2.75) is 91.9 Å². The molecule has 0 saturated carbocycles. The molecule has 0 nitrogen and oxygen atoms in total. The second kappa shape index (κ2) is 13.6. The topological polar surface area (TPSA) is 0 Å². The van der Waals surface area contributed by atoms with Gasteiger partial charge in [0.15, 0.2) is 0 Å². The summed E-state index contributed by atoms with van der Waals surface area (Å²) in [6.45, 7) is 19.4. The van der Waals surface area contributed by atoms with Gasteiger partial charge in [-0.05, 0) is 116 Å². The van der Waals surface area contributed by atoms with Gasteiger partial charge < -0.3 is 0 Å². The maximum absolute atomic E-state index is 2.56. The molecular weight excluding hydrogens is 665 g/mol. The molecule has 4 unspecified atom stereocenters. The standard InChI is InChI=1S/C50H54S2/c1-9-31(5)49(32(6)10-2)41-19-15-13-17-37(41)39-23-21-35(29-43(39)49)45-25-27-47(51-45)48-28-26-46(52-48)36-22-24-40-38-18-14-16-20-42(38)50(33(7)11-3,34(8)12-4)44(40)30-36/h13-34H,9-12H2,1-8H3. The molecule has 266 valence electrons. The first-order valence-corrected chi connectivity index (χ1v) is 21.6. The van der Waals surface area contributed by atoms with Crippen molar-refractivity contribution in [1.82, 2.24) is 0 Å². The van der Waals surface area contributed by atoms with Crippen LogP contribution in [-0.2, 0) is 10.8 Å². The lowest BCUT2D eigenvalue weighted by Gasteiger charge is -2.43. The predicted molar refractivity (Wildman–Crippen MR) is 229 cm³/mol. The van der Waals surface area contributed by atoms with E-state index in [-0.39, 0.29) is 10.8 Å². The summed E-state index contributed by atoms with van der Waals surface area (Å²) in [6.07, 6.45) is 4.67. The van der Waals surface area contributed by atoms with E-state index in [9.17, 15) is 0 Å². The minimum absolute atomic E-state index is 0.0346. The average Bonchev–Trinajstić information content (AvgIpc) is 3.99. The zero-order chi connectivity index (χ0) is 36.4. The average molecular weight is 719 g/mol. The summed E-state index contributed by atoms with van der Waals surface area (Å²) >= 11 is 3.88. The van der Waals surface area contributed by atoms with E-state index in [4.69, 9.17) is 0 Å². The quantitative estimate of drug-likeness (QED) is 0.125. The van der Waals surface area contributed by atoms with Crippen LogP contribution in [-0.4, -0.2) is 0 Å². The van der Waals surface area contributed by atoms with Gasteiger partial charge in [-0.1, -0.05) is 154 Å². The maximum atomic E-state index is 2.56. The first kappa shape index (κ1) is 35.3. The SMILES string of the molecule is CCC(C)C1(C(C)CC)c2ccccc2-c2ccc(-c3ccc(-c4ccc(-c5ccc6c(c5)C(C(C)CC)(C(C)CC)c5ccccc5-6)s4)s3)cc21. The Balaban J connectivity index is 1.16. The minimum Gasteiger partial charge on any atom is -0.134 e. The van der Waals surface area contributed by atoms with E-state index in [1.807, 2.05) is 22.7 Å². The van der Waals surface area contributed by atoms with Crippen molar-refractivity contribution in [2.75, 3.05) is 0 Å². The molecule has 52 heavy (non-hydrogen) atoms. The maximum Gasteiger partial charge on any atom is 0.0449 e. The van der Waals surface area contributed by atoms with Gasteiger partial charge >= 0.3 is 0 Å². The van der Waals surface area contributed by atoms with Crippen LogP contribution in [0.25, 0.3) is 52.9 Å². The molecule has 0 fully saturated rings. The smallest absolute Gasteiger partial charge is 0.0449 e. The summed E-state index contributed by atoms with van der Waals surface area (Å²) in [6, 6.07) is 42.6. The molecule has 6 aromatic rings. The Kier molecular flexibility index (Phi) is 9.24. The molecule has 0 radical (unpaired) electrons. The number of fused-ring (bicyclic) bond motifs is 6. The lowest BCUT2D eigenvalue weighted by molar-refractivity contribution is 0.235. The first-order chi connectivity index (χ1) is 25.2. The van der Waals surface area contributed by atoms with Crippen LogP contribution in [0.15, 0.2) is 109 Å². The monoisotopic (exact) mass is 718 g/mol. The molecule has 0 spiro atoms. The van der Waals surface area contributed by atoms with Crippen LogP contribution in [0.5, 0.6) is 0 Å². The van der Waals surface area contributed by atoms with E-state index in [0.717, 1.165) is 0 Å². The Morgan fingerprint density at radius 3 is 1.08 bits per heavy atom. The van der Waals surface area contributed by atoms with Gasteiger partial charge in [-0.3, -0.25) is 0 Å². The van der Waals surface area contributed by atoms with Gasteiger partial charge in [0.1, 0.15) is 0 Å². The predicted octanol–water partition coefficient (Wildman–Crippen LogP) is 15.5. The fourth-order valence-electron chi connectivity index (χ4n) is 10.6. The van der Waals surface area contributed by atoms with Crippen LogP contribution >= 0.6 is 22.7 Å². The number of hydrogen-bond donors (Lipinski definition) is 0. The molecule has 0 N–H and O–H groups in total. The molecule has 2 aliphatic carbocycles. The van der Waals surface area contributed by atoms with Crippen molar-refractivity contribution in [3.8, 4) is 52.9 Å². The van der Waals surface area contributed by atoms with Crippen LogP contribution < -0.4 is 0 Å². The molecule has 2 heterocycles. The molecule has 4 atom stereocenters. The summed E-state index contributed by atoms with van der Waals surface area (Å²) < 4.78 is 0. The van der Waals surface area contributed by atoms with Gasteiger partial charge in [0.2, 0.25) is 0 Å². The second-order valence-corrected chi connectivity index (χ2v) is 18.1. The highest BCUT2D eigenvalue weighted by molar-refractivity contribution is 7.25. The number of benzene rings is 4. The number of hydrogen-bond acceptors (Lipinski definition) is 2. The van der Waals surface area contributed by atoms with Crippen LogP contribution in [0.1, 0.15) is 103 Å². The largest absolute Gasteiger partial charge is 0.134 e. The zero-order valence-electron chi connectivity index (χ0n) is 32.3. The lowest BCUT2D eigenvalue weighted by atomic mass is 9.60. The van der Waals surface area contributed by atoms with E-state index in [2.05, 4.69) is 165 Å². The van der Waals surface area contributed by atoms with E-state index in [1.165, 1.54) is 101 Å². The van der Waals surface area contributed by atoms with Crippen molar-refractivity contribution in [2.24, 2.45) is 23.7 Å². The van der Waals surface area contributed by atoms with E-state index >= 15 is 0 Å². The highest BCUT2D eigenvalue weighted by Gasteiger charge is 2.50. The van der Waals surface area contributed by atoms with Crippen LogP contribution in [0, 0.1) is 23.7 Å². The van der Waals surface area contributed by atoms with Crippen molar-refractivity contribution in [1.29, 1.82) is 0 Å². The summed E-state index contributed by atoms with van der Waals surface area (Å²) in [7, 11) is 0. The molecule has 2 aromatic heterocycles. The molecule has 8 rings (SSSR count). The molecule has 0 saturated heterocycles. The Morgan fingerprint density at radius 1 is 0.385 bits per heavy atom. The van der Waals surface area contributed by atoms with E-state index < -0.39 is 0 Å². The summed E-state index contributed by atoms with van der Waals surface area (Å²) in [4.78, 5) is 5.42. The third-order valence-corrected chi connectivity index (χ3v) is 16.3. The van der Waals surface area contributed by atoms with E-state index in [1.54, 1.807) is 0 Å². The molecule has 2 heteroatoms. The molecule has 0 amide bonds. The molecule has 0 aliphatic heterocycles. The van der Waals surface area contributed by atoms with E-state index in [0.29, 0.717) is 23.7 Å². The molecular formula is C50H54S2. The molecule has 2 aliphatic rings. The Hall–Kier alpha value is -3.72. The highest BCUT2D eigenvalue weighted by Crippen LogP contribution is 2.60. The van der Waals surface area contributed by atoms with Crippen LogP contribution in [0.2, 0.25) is 0 Å². The summed E-state index contributed by atoms with van der Waals surface area (Å²) in [5.74, 6) is 2.21. The van der Waals surface area contributed by atoms with Gasteiger partial charge in [0.05, 0.1) is 0 Å². The van der Waals surface area contributed by atoms with Crippen LogP contribution in [0.4, 0.5) is 0 Å². The van der Waals surface area contributed by atoms with Gasteiger partial charge in [0, 0.05) is 30.3 Å². The van der Waals surface area contributed by atoms with Crippen LogP contribution in [0.3, 0.4) is 0 Å². The summed E-state index contributed by atoms with van der Waals surface area (Å²) in [5.41, 5.74) is 14.6. The first-order valence-electron chi connectivity index (χ1n) is 19.9. The molecule has 4 aromatic carbocycles. The van der Waals surface area contributed by atoms with Gasteiger partial charge in [-0.25, -0.2) is 0 Å². The third-order valence-electron chi connectivity index (χ3n) is 13.8. The second-order valence-electron chi connectivity index (χ2n) is 15.9. The normalized spacial score (nSPS) is 20.8. The van der Waals surface area contributed by atoms with Crippen molar-refractivity contribution < 1.29 is 0 Å². The van der Waals surface area contributed by atoms with Crippen molar-refractivity contribution >= 4 is 22.7 Å². The number of thiophene rings is 2. The Bertz CT molecular complexity index is 2060. The van der Waals surface area contributed by atoms with Crippen molar-refractivity contribution in [3.05, 3.63) is 131 Å². The van der Waals surface area contributed by atoms with Gasteiger partial charge in [-0.15, -0.1) is 22.7 Å². The highest BCUT2D eigenvalue weighted by atomic mass is 32.1. The van der Waals surface area contributed by atoms with Gasteiger partial charge in [-0.2, -0.15) is 0 Å². The zero-order valence-corrected chi connectivity index (χ0v) is 34.0.